The summed E-state index contributed by atoms with van der Waals surface area (Å²) in [6.07, 6.45) is -1.47. The molecule has 2 aliphatic rings. The van der Waals surface area contributed by atoms with E-state index in [1.165, 1.54) is 18.2 Å². The number of halogens is 1. The number of rotatable bonds is 6. The zero-order valence-electron chi connectivity index (χ0n) is 27.1. The van der Waals surface area contributed by atoms with Gasteiger partial charge in [-0.25, -0.2) is 9.18 Å². The van der Waals surface area contributed by atoms with E-state index in [1.54, 1.807) is 75.4 Å². The summed E-state index contributed by atoms with van der Waals surface area (Å²) in [6.45, 7) is 4.85. The van der Waals surface area contributed by atoms with Gasteiger partial charge in [0.2, 0.25) is 17.7 Å². The molecular weight excluding hydrogens is 623 g/mol. The fourth-order valence-electron chi connectivity index (χ4n) is 4.86. The number of carbonyl (C=O) groups excluding carboxylic acids is 5. The highest BCUT2D eigenvalue weighted by atomic mass is 19.1. The molecule has 4 amide bonds. The lowest BCUT2D eigenvalue weighted by Crippen LogP contribution is -2.58. The fraction of sp³-hybridized carbons (Fsp3) is 0.343. The molecular formula is C35H39FN4O8. The molecule has 4 N–H and O–H groups in total. The Hall–Kier alpha value is -5.46. The van der Waals surface area contributed by atoms with Gasteiger partial charge in [0.05, 0.1) is 13.5 Å². The monoisotopic (exact) mass is 662 g/mol. The van der Waals surface area contributed by atoms with Crippen molar-refractivity contribution in [3.05, 3.63) is 95.3 Å². The third-order valence-electron chi connectivity index (χ3n) is 7.22. The predicted molar refractivity (Wildman–Crippen MR) is 172 cm³/mol. The molecule has 0 fully saturated rings. The fourth-order valence-corrected chi connectivity index (χ4v) is 4.86. The molecule has 48 heavy (non-hydrogen) atoms. The number of nitrogens with one attached hydrogen (secondary N) is 4. The van der Waals surface area contributed by atoms with E-state index >= 15 is 0 Å². The second-order valence-corrected chi connectivity index (χ2v) is 12.2. The zero-order chi connectivity index (χ0) is 34.8. The molecule has 4 bridgehead atoms. The van der Waals surface area contributed by atoms with Gasteiger partial charge in [0.15, 0.2) is 0 Å². The molecule has 0 aromatic heterocycles. The molecule has 2 aliphatic heterocycles. The maximum absolute atomic E-state index is 14.3. The summed E-state index contributed by atoms with van der Waals surface area (Å²) < 4.78 is 30.4. The van der Waals surface area contributed by atoms with Crippen LogP contribution in [0.15, 0.2) is 72.8 Å². The molecule has 254 valence electrons. The third-order valence-corrected chi connectivity index (χ3v) is 7.22. The Balaban J connectivity index is 1.69. The predicted octanol–water partition coefficient (Wildman–Crippen LogP) is 3.46. The summed E-state index contributed by atoms with van der Waals surface area (Å²) in [7, 11) is 1.13. The molecule has 13 heteroatoms. The average Bonchev–Trinajstić information content (AvgIpc) is 3.03. The van der Waals surface area contributed by atoms with E-state index in [0.29, 0.717) is 22.6 Å². The topological polar surface area (TPSA) is 161 Å². The highest BCUT2D eigenvalue weighted by Gasteiger charge is 2.32. The Morgan fingerprint density at radius 1 is 0.896 bits per heavy atom. The van der Waals surface area contributed by atoms with Crippen LogP contribution in [0.2, 0.25) is 0 Å². The van der Waals surface area contributed by atoms with Crippen LogP contribution in [0.5, 0.6) is 11.5 Å². The van der Waals surface area contributed by atoms with E-state index in [9.17, 15) is 28.4 Å². The van der Waals surface area contributed by atoms with Crippen molar-refractivity contribution >= 4 is 29.8 Å². The molecule has 0 aliphatic carbocycles. The minimum absolute atomic E-state index is 0.00628. The Morgan fingerprint density at radius 3 is 2.31 bits per heavy atom. The number of ether oxygens (including phenoxy) is 3. The van der Waals surface area contributed by atoms with Crippen LogP contribution in [0.4, 0.5) is 9.18 Å². The van der Waals surface area contributed by atoms with Crippen LogP contribution in [-0.2, 0) is 48.0 Å². The summed E-state index contributed by atoms with van der Waals surface area (Å²) in [5, 5.41) is 10.4. The number of esters is 1. The number of carbonyl (C=O) groups is 5. The van der Waals surface area contributed by atoms with Gasteiger partial charge in [0.25, 0.3) is 0 Å². The average molecular weight is 663 g/mol. The summed E-state index contributed by atoms with van der Waals surface area (Å²) in [5.74, 6) is -2.65. The highest BCUT2D eigenvalue weighted by Crippen LogP contribution is 2.24. The Labute approximate surface area is 277 Å². The number of benzene rings is 3. The molecule has 3 aromatic carbocycles. The maximum atomic E-state index is 14.3. The van der Waals surface area contributed by atoms with Gasteiger partial charge in [-0.15, -0.1) is 0 Å². The van der Waals surface area contributed by atoms with Crippen molar-refractivity contribution in [1.82, 2.24) is 21.3 Å². The molecule has 0 radical (unpaired) electrons. The van der Waals surface area contributed by atoms with Crippen molar-refractivity contribution in [3.8, 4) is 11.5 Å². The SMILES string of the molecule is COC(=O)C[C@@H]1NC(=O)[C@@H](NC(=O)OC(C)(C)C)Cc2cccc(c2)Oc2ccc(cc2)C[C@@H](C(=O)NCc2ccccc2F)NC1=O. The minimum atomic E-state index is -1.50. The van der Waals surface area contributed by atoms with Crippen molar-refractivity contribution in [2.75, 3.05) is 7.11 Å². The Kier molecular flexibility index (Phi) is 11.7. The number of fused-ring (bicyclic) bond motifs is 10. The molecule has 3 aromatic rings. The van der Waals surface area contributed by atoms with Gasteiger partial charge in [-0.1, -0.05) is 42.5 Å². The summed E-state index contributed by atoms with van der Waals surface area (Å²) in [5.41, 5.74) is 0.647. The standard InChI is InChI=1S/C35H39FN4O8/c1-35(2,3)48-34(45)40-28-18-22-8-7-10-25(16-22)47-24-14-12-21(13-15-24)17-27(31(42)37-20-23-9-5-6-11-26(23)36)38-33(44)29(39-32(28)43)19-30(41)46-4/h5-16,27-29H,17-20H2,1-4H3,(H,37,42)(H,38,44)(H,39,43)(H,40,45)/t27-,28-,29-/m0/s1. The van der Waals surface area contributed by atoms with E-state index in [0.717, 1.165) is 7.11 Å². The summed E-state index contributed by atoms with van der Waals surface area (Å²) in [4.78, 5) is 66.0. The first-order valence-electron chi connectivity index (χ1n) is 15.3. The van der Waals surface area contributed by atoms with Crippen LogP contribution in [0, 0.1) is 5.82 Å². The number of alkyl carbamates (subject to hydrolysis) is 1. The van der Waals surface area contributed by atoms with Gasteiger partial charge < -0.3 is 35.5 Å². The number of hydrogen-bond donors (Lipinski definition) is 4. The van der Waals surface area contributed by atoms with E-state index in [2.05, 4.69) is 21.3 Å². The van der Waals surface area contributed by atoms with Gasteiger partial charge in [-0.3, -0.25) is 19.2 Å². The van der Waals surface area contributed by atoms with Crippen molar-refractivity contribution in [1.29, 1.82) is 0 Å². The van der Waals surface area contributed by atoms with Crippen LogP contribution in [0.1, 0.15) is 43.9 Å². The van der Waals surface area contributed by atoms with E-state index in [1.807, 2.05) is 0 Å². The molecule has 0 spiro atoms. The van der Waals surface area contributed by atoms with Crippen LogP contribution in [0.25, 0.3) is 0 Å². The maximum Gasteiger partial charge on any atom is 0.408 e. The zero-order valence-corrected chi connectivity index (χ0v) is 27.1. The molecule has 3 atom stereocenters. The molecule has 12 nitrogen and oxygen atoms in total. The van der Waals surface area contributed by atoms with Gasteiger partial charge in [-0.2, -0.15) is 0 Å². The van der Waals surface area contributed by atoms with E-state index < -0.39 is 65.7 Å². The van der Waals surface area contributed by atoms with Crippen LogP contribution < -0.4 is 26.0 Å². The first-order valence-corrected chi connectivity index (χ1v) is 15.3. The van der Waals surface area contributed by atoms with Crippen LogP contribution >= 0.6 is 0 Å². The first kappa shape index (κ1) is 35.4. The second-order valence-electron chi connectivity index (χ2n) is 12.2. The largest absolute Gasteiger partial charge is 0.469 e. The number of hydrogen-bond acceptors (Lipinski definition) is 8. The minimum Gasteiger partial charge on any atom is -0.469 e. The Morgan fingerprint density at radius 2 is 1.62 bits per heavy atom. The molecule has 0 unspecified atom stereocenters. The third kappa shape index (κ3) is 10.5. The lowest BCUT2D eigenvalue weighted by molar-refractivity contribution is -0.144. The van der Waals surface area contributed by atoms with Crippen LogP contribution in [0.3, 0.4) is 0 Å². The van der Waals surface area contributed by atoms with Gasteiger partial charge >= 0.3 is 12.1 Å². The van der Waals surface area contributed by atoms with Gasteiger partial charge in [0.1, 0.15) is 41.0 Å². The van der Waals surface area contributed by atoms with Crippen molar-refractivity contribution in [2.45, 2.75) is 70.3 Å². The lowest BCUT2D eigenvalue weighted by atomic mass is 10.0. The lowest BCUT2D eigenvalue weighted by Gasteiger charge is -2.26. The van der Waals surface area contributed by atoms with E-state index in [-0.39, 0.29) is 24.9 Å². The molecule has 0 saturated carbocycles. The normalized spacial score (nSPS) is 18.3. The first-order chi connectivity index (χ1) is 22.8. The highest BCUT2D eigenvalue weighted by molar-refractivity contribution is 5.96. The van der Waals surface area contributed by atoms with Gasteiger partial charge in [-0.05, 0) is 62.2 Å². The number of methoxy groups -OCH3 is 1. The molecule has 5 rings (SSSR count). The second kappa shape index (κ2) is 15.9. The quantitative estimate of drug-likeness (QED) is 0.292. The van der Waals surface area contributed by atoms with Crippen LogP contribution in [-0.4, -0.2) is 60.6 Å². The van der Waals surface area contributed by atoms with Gasteiger partial charge in [0, 0.05) is 24.9 Å². The Bertz CT molecular complexity index is 1640. The van der Waals surface area contributed by atoms with Crippen molar-refractivity contribution in [2.24, 2.45) is 0 Å². The number of amides is 4. The van der Waals surface area contributed by atoms with E-state index in [4.69, 9.17) is 14.2 Å². The molecule has 0 saturated heterocycles. The smallest absolute Gasteiger partial charge is 0.408 e. The van der Waals surface area contributed by atoms with Crippen molar-refractivity contribution < 1.29 is 42.6 Å². The summed E-state index contributed by atoms with van der Waals surface area (Å²) in [6, 6.07) is 15.8. The molecule has 2 heterocycles. The summed E-state index contributed by atoms with van der Waals surface area (Å²) >= 11 is 0. The van der Waals surface area contributed by atoms with Crippen molar-refractivity contribution in [3.63, 3.8) is 0 Å².